The van der Waals surface area contributed by atoms with Gasteiger partial charge in [0.05, 0.1) is 11.8 Å². The highest BCUT2D eigenvalue weighted by molar-refractivity contribution is 5.16. The summed E-state index contributed by atoms with van der Waals surface area (Å²) < 4.78 is 1.87. The van der Waals surface area contributed by atoms with Crippen LogP contribution in [0, 0.1) is 0 Å². The van der Waals surface area contributed by atoms with E-state index in [0.717, 1.165) is 37.9 Å². The zero-order valence-electron chi connectivity index (χ0n) is 10.8. The molecule has 0 bridgehead atoms. The van der Waals surface area contributed by atoms with Crippen LogP contribution < -0.4 is 5.32 Å². The van der Waals surface area contributed by atoms with Crippen molar-refractivity contribution in [3.05, 3.63) is 17.5 Å². The van der Waals surface area contributed by atoms with Gasteiger partial charge < -0.3 is 10.4 Å². The van der Waals surface area contributed by atoms with Crippen LogP contribution >= 0.6 is 0 Å². The highest BCUT2D eigenvalue weighted by Gasteiger charge is 2.22. The summed E-state index contributed by atoms with van der Waals surface area (Å²) in [4.78, 5) is 0. The topological polar surface area (TPSA) is 50.1 Å². The highest BCUT2D eigenvalue weighted by atomic mass is 16.3. The molecule has 2 rings (SSSR count). The number of aryl methyl sites for hydroxylation is 2. The molecule has 4 heteroatoms. The van der Waals surface area contributed by atoms with Gasteiger partial charge in [0.2, 0.25) is 0 Å². The fourth-order valence-corrected chi connectivity index (χ4v) is 2.62. The average molecular weight is 237 g/mol. The first-order chi connectivity index (χ1) is 8.20. The number of nitrogens with zero attached hydrogens (tertiary/aromatic N) is 2. The molecule has 0 aliphatic heterocycles. The summed E-state index contributed by atoms with van der Waals surface area (Å²) in [6.45, 7) is 2.94. The molecule has 0 aromatic carbocycles. The molecule has 4 nitrogen and oxygen atoms in total. The van der Waals surface area contributed by atoms with Crippen molar-refractivity contribution in [3.63, 3.8) is 0 Å². The molecule has 1 heterocycles. The lowest BCUT2D eigenvalue weighted by Crippen LogP contribution is -2.41. The average Bonchev–Trinajstić information content (AvgIpc) is 2.69. The van der Waals surface area contributed by atoms with Gasteiger partial charge in [-0.25, -0.2) is 0 Å². The van der Waals surface area contributed by atoms with E-state index in [9.17, 15) is 5.11 Å². The number of aliphatic hydroxyl groups excluding tert-OH is 1. The summed E-state index contributed by atoms with van der Waals surface area (Å²) in [5, 5.41) is 17.8. The normalized spacial score (nSPS) is 25.1. The van der Waals surface area contributed by atoms with E-state index in [1.807, 2.05) is 11.7 Å². The minimum absolute atomic E-state index is 0.175. The van der Waals surface area contributed by atoms with E-state index < -0.39 is 0 Å². The van der Waals surface area contributed by atoms with Crippen LogP contribution in [0.2, 0.25) is 0 Å². The first-order valence-corrected chi connectivity index (χ1v) is 6.63. The summed E-state index contributed by atoms with van der Waals surface area (Å²) in [6.07, 6.45) is 7.26. The maximum absolute atomic E-state index is 9.90. The number of aromatic nitrogens is 2. The van der Waals surface area contributed by atoms with E-state index in [-0.39, 0.29) is 12.1 Å². The predicted octanol–water partition coefficient (Wildman–Crippen LogP) is 1.38. The van der Waals surface area contributed by atoms with E-state index in [4.69, 9.17) is 0 Å². The Morgan fingerprint density at radius 3 is 2.94 bits per heavy atom. The van der Waals surface area contributed by atoms with Crippen molar-refractivity contribution in [2.24, 2.45) is 7.05 Å². The number of nitrogens with one attached hydrogen (secondary N) is 1. The predicted molar refractivity (Wildman–Crippen MR) is 67.7 cm³/mol. The van der Waals surface area contributed by atoms with Crippen LogP contribution in [0.1, 0.15) is 43.9 Å². The van der Waals surface area contributed by atoms with Crippen molar-refractivity contribution < 1.29 is 5.11 Å². The third-order valence-corrected chi connectivity index (χ3v) is 3.61. The molecule has 0 unspecified atom stereocenters. The molecule has 1 saturated carbocycles. The van der Waals surface area contributed by atoms with Crippen LogP contribution in [-0.2, 0) is 20.0 Å². The van der Waals surface area contributed by atoms with Crippen LogP contribution in [0.15, 0.2) is 6.20 Å². The third kappa shape index (κ3) is 3.07. The first-order valence-electron chi connectivity index (χ1n) is 6.63. The van der Waals surface area contributed by atoms with Crippen molar-refractivity contribution in [1.82, 2.24) is 15.1 Å². The molecule has 0 saturated heterocycles. The maximum atomic E-state index is 9.90. The fraction of sp³-hybridized carbons (Fsp3) is 0.769. The van der Waals surface area contributed by atoms with Gasteiger partial charge in [0, 0.05) is 31.4 Å². The van der Waals surface area contributed by atoms with E-state index in [2.05, 4.69) is 23.5 Å². The van der Waals surface area contributed by atoms with E-state index in [1.165, 1.54) is 12.0 Å². The summed E-state index contributed by atoms with van der Waals surface area (Å²) in [5.74, 6) is 0. The number of aliphatic hydroxyl groups is 1. The molecular weight excluding hydrogens is 214 g/mol. The minimum Gasteiger partial charge on any atom is -0.392 e. The van der Waals surface area contributed by atoms with Crippen LogP contribution in [0.3, 0.4) is 0 Å². The quantitative estimate of drug-likeness (QED) is 0.831. The summed E-state index contributed by atoms with van der Waals surface area (Å²) in [7, 11) is 1.96. The molecule has 1 aliphatic carbocycles. The SMILES string of the molecule is CCc1nn(C)cc1CN[C@@H]1CCCC[C@H]1O. The molecule has 1 aliphatic rings. The molecule has 1 aromatic rings. The second-order valence-electron chi connectivity index (χ2n) is 4.97. The summed E-state index contributed by atoms with van der Waals surface area (Å²) >= 11 is 0. The van der Waals surface area contributed by atoms with Gasteiger partial charge in [-0.05, 0) is 19.3 Å². The molecule has 1 aromatic heterocycles. The van der Waals surface area contributed by atoms with Gasteiger partial charge >= 0.3 is 0 Å². The van der Waals surface area contributed by atoms with Gasteiger partial charge in [0.15, 0.2) is 0 Å². The Bertz CT molecular complexity index is 362. The Hall–Kier alpha value is -0.870. The zero-order valence-corrected chi connectivity index (χ0v) is 10.8. The number of rotatable bonds is 4. The van der Waals surface area contributed by atoms with Crippen molar-refractivity contribution in [1.29, 1.82) is 0 Å². The third-order valence-electron chi connectivity index (χ3n) is 3.61. The second-order valence-corrected chi connectivity index (χ2v) is 4.97. The van der Waals surface area contributed by atoms with Gasteiger partial charge in [-0.2, -0.15) is 5.10 Å². The van der Waals surface area contributed by atoms with E-state index in [0.29, 0.717) is 0 Å². The van der Waals surface area contributed by atoms with Crippen molar-refractivity contribution in [3.8, 4) is 0 Å². The molecule has 0 amide bonds. The van der Waals surface area contributed by atoms with Gasteiger partial charge in [-0.3, -0.25) is 4.68 Å². The lowest BCUT2D eigenvalue weighted by Gasteiger charge is -2.28. The highest BCUT2D eigenvalue weighted by Crippen LogP contribution is 2.19. The molecule has 17 heavy (non-hydrogen) atoms. The van der Waals surface area contributed by atoms with Gasteiger partial charge in [-0.15, -0.1) is 0 Å². The van der Waals surface area contributed by atoms with Crippen LogP contribution in [0.4, 0.5) is 0 Å². The molecule has 1 fully saturated rings. The molecule has 0 spiro atoms. The fourth-order valence-electron chi connectivity index (χ4n) is 2.62. The largest absolute Gasteiger partial charge is 0.392 e. The Morgan fingerprint density at radius 1 is 1.47 bits per heavy atom. The molecule has 96 valence electrons. The second kappa shape index (κ2) is 5.65. The number of hydrogen-bond acceptors (Lipinski definition) is 3. The molecule has 2 N–H and O–H groups in total. The van der Waals surface area contributed by atoms with Gasteiger partial charge in [0.1, 0.15) is 0 Å². The molecule has 2 atom stereocenters. The van der Waals surface area contributed by atoms with Crippen molar-refractivity contribution in [2.45, 2.75) is 57.7 Å². The monoisotopic (exact) mass is 237 g/mol. The van der Waals surface area contributed by atoms with Gasteiger partial charge in [-0.1, -0.05) is 19.8 Å². The van der Waals surface area contributed by atoms with E-state index >= 15 is 0 Å². The minimum atomic E-state index is -0.175. The van der Waals surface area contributed by atoms with Gasteiger partial charge in [0.25, 0.3) is 0 Å². The Kier molecular flexibility index (Phi) is 4.18. The van der Waals surface area contributed by atoms with Crippen molar-refractivity contribution >= 4 is 0 Å². The lowest BCUT2D eigenvalue weighted by molar-refractivity contribution is 0.0902. The summed E-state index contributed by atoms with van der Waals surface area (Å²) in [6, 6.07) is 0.258. The Labute approximate surface area is 103 Å². The van der Waals surface area contributed by atoms with Crippen molar-refractivity contribution in [2.75, 3.05) is 0 Å². The zero-order chi connectivity index (χ0) is 12.3. The van der Waals surface area contributed by atoms with Crippen LogP contribution in [0.5, 0.6) is 0 Å². The Balaban J connectivity index is 1.92. The Morgan fingerprint density at radius 2 is 2.24 bits per heavy atom. The standard InChI is InChI=1S/C13H23N3O/c1-3-11-10(9-16(2)15-11)8-14-12-6-4-5-7-13(12)17/h9,12-14,17H,3-8H2,1-2H3/t12-,13-/m1/s1. The van der Waals surface area contributed by atoms with Crippen LogP contribution in [0.25, 0.3) is 0 Å². The molecule has 0 radical (unpaired) electrons. The maximum Gasteiger partial charge on any atom is 0.0693 e. The lowest BCUT2D eigenvalue weighted by atomic mass is 9.92. The molecular formula is C13H23N3O. The number of hydrogen-bond donors (Lipinski definition) is 2. The summed E-state index contributed by atoms with van der Waals surface area (Å²) in [5.41, 5.74) is 2.41. The smallest absolute Gasteiger partial charge is 0.0693 e. The van der Waals surface area contributed by atoms with E-state index in [1.54, 1.807) is 0 Å². The first kappa shape index (κ1) is 12.6. The van der Waals surface area contributed by atoms with Crippen LogP contribution in [-0.4, -0.2) is 27.0 Å².